The highest BCUT2D eigenvalue weighted by Gasteiger charge is 2.10. The lowest BCUT2D eigenvalue weighted by Crippen LogP contribution is -2.22. The second-order valence-electron chi connectivity index (χ2n) is 4.13. The number of unbranched alkanes of at least 4 members (excludes halogenated alkanes) is 1. The van der Waals surface area contributed by atoms with E-state index in [0.717, 1.165) is 19.4 Å². The normalized spacial score (nSPS) is 10.7. The highest BCUT2D eigenvalue weighted by molar-refractivity contribution is 6.28. The van der Waals surface area contributed by atoms with E-state index in [1.54, 1.807) is 0 Å². The fourth-order valence-electron chi connectivity index (χ4n) is 1.25. The molecular weight excluding hydrogens is 240 g/mol. The Labute approximate surface area is 107 Å². The molecule has 0 saturated carbocycles. The summed E-state index contributed by atoms with van der Waals surface area (Å²) in [7, 11) is 1.93. The fraction of sp³-hybridized carbons (Fsp3) is 0.727. The molecule has 1 aromatic heterocycles. The van der Waals surface area contributed by atoms with Crippen molar-refractivity contribution >= 4 is 17.5 Å². The Morgan fingerprint density at radius 2 is 2.00 bits per heavy atom. The van der Waals surface area contributed by atoms with Crippen LogP contribution in [0.5, 0.6) is 6.01 Å². The minimum Gasteiger partial charge on any atom is -0.461 e. The van der Waals surface area contributed by atoms with Gasteiger partial charge in [-0.2, -0.15) is 15.0 Å². The Balaban J connectivity index is 2.81. The largest absolute Gasteiger partial charge is 0.461 e. The molecule has 0 saturated heterocycles. The van der Waals surface area contributed by atoms with E-state index in [2.05, 4.69) is 21.9 Å². The van der Waals surface area contributed by atoms with Crippen LogP contribution in [0.2, 0.25) is 5.28 Å². The van der Waals surface area contributed by atoms with Gasteiger partial charge in [0.25, 0.3) is 0 Å². The van der Waals surface area contributed by atoms with Gasteiger partial charge >= 0.3 is 6.01 Å². The molecule has 1 heterocycles. The van der Waals surface area contributed by atoms with E-state index in [4.69, 9.17) is 16.3 Å². The van der Waals surface area contributed by atoms with Crippen LogP contribution in [-0.2, 0) is 0 Å². The van der Waals surface area contributed by atoms with Gasteiger partial charge in [0.1, 0.15) is 0 Å². The lowest BCUT2D eigenvalue weighted by molar-refractivity contribution is 0.221. The summed E-state index contributed by atoms with van der Waals surface area (Å²) in [4.78, 5) is 14.2. The molecule has 1 rings (SSSR count). The number of ether oxygens (including phenoxy) is 1. The van der Waals surface area contributed by atoms with Crippen LogP contribution in [0, 0.1) is 0 Å². The Morgan fingerprint density at radius 3 is 2.59 bits per heavy atom. The van der Waals surface area contributed by atoms with E-state index in [1.165, 1.54) is 0 Å². The number of hydrogen-bond acceptors (Lipinski definition) is 5. The summed E-state index contributed by atoms with van der Waals surface area (Å²) >= 11 is 5.84. The van der Waals surface area contributed by atoms with Gasteiger partial charge in [0.15, 0.2) is 0 Å². The standard InChI is InChI=1S/C11H19ClN4O/c1-5-6-7-16(4)10-13-9(12)14-11(15-10)17-8(2)3/h8H,5-7H2,1-4H3. The number of nitrogens with zero attached hydrogens (tertiary/aromatic N) is 4. The maximum atomic E-state index is 5.84. The second kappa shape index (κ2) is 6.59. The van der Waals surface area contributed by atoms with Gasteiger partial charge in [-0.15, -0.1) is 0 Å². The van der Waals surface area contributed by atoms with E-state index < -0.39 is 0 Å². The summed E-state index contributed by atoms with van der Waals surface area (Å²) in [5, 5.41) is 0.161. The summed E-state index contributed by atoms with van der Waals surface area (Å²) in [6.07, 6.45) is 2.22. The van der Waals surface area contributed by atoms with Crippen LogP contribution in [-0.4, -0.2) is 34.6 Å². The monoisotopic (exact) mass is 258 g/mol. The molecule has 5 nitrogen and oxygen atoms in total. The van der Waals surface area contributed by atoms with Crippen molar-refractivity contribution in [1.82, 2.24) is 15.0 Å². The van der Waals surface area contributed by atoms with Crippen molar-refractivity contribution in [2.24, 2.45) is 0 Å². The van der Waals surface area contributed by atoms with Crippen molar-refractivity contribution in [3.05, 3.63) is 5.28 Å². The molecule has 17 heavy (non-hydrogen) atoms. The van der Waals surface area contributed by atoms with Crippen LogP contribution in [0.1, 0.15) is 33.6 Å². The smallest absolute Gasteiger partial charge is 0.322 e. The van der Waals surface area contributed by atoms with Crippen molar-refractivity contribution in [3.63, 3.8) is 0 Å². The van der Waals surface area contributed by atoms with E-state index >= 15 is 0 Å². The molecule has 0 spiro atoms. The van der Waals surface area contributed by atoms with Crippen LogP contribution in [0.4, 0.5) is 5.95 Å². The maximum Gasteiger partial charge on any atom is 0.322 e. The molecule has 0 N–H and O–H groups in total. The average Bonchev–Trinajstić information content (AvgIpc) is 2.24. The molecule has 0 aliphatic rings. The summed E-state index contributed by atoms with van der Waals surface area (Å²) in [6.45, 7) is 6.86. The molecule has 0 atom stereocenters. The first-order valence-electron chi connectivity index (χ1n) is 5.82. The molecule has 0 radical (unpaired) electrons. The van der Waals surface area contributed by atoms with Gasteiger partial charge in [-0.3, -0.25) is 0 Å². The number of anilines is 1. The molecular formula is C11H19ClN4O. The minimum absolute atomic E-state index is 0.0160. The fourth-order valence-corrected chi connectivity index (χ4v) is 1.40. The Morgan fingerprint density at radius 1 is 1.29 bits per heavy atom. The molecule has 0 fully saturated rings. The highest BCUT2D eigenvalue weighted by Crippen LogP contribution is 2.15. The third kappa shape index (κ3) is 4.73. The topological polar surface area (TPSA) is 51.1 Å². The van der Waals surface area contributed by atoms with E-state index in [1.807, 2.05) is 25.8 Å². The van der Waals surface area contributed by atoms with Crippen LogP contribution in [0.25, 0.3) is 0 Å². The van der Waals surface area contributed by atoms with Gasteiger partial charge in [-0.1, -0.05) is 13.3 Å². The zero-order valence-corrected chi connectivity index (χ0v) is 11.5. The molecule has 1 aromatic rings. The van der Waals surface area contributed by atoms with Crippen LogP contribution < -0.4 is 9.64 Å². The quantitative estimate of drug-likeness (QED) is 0.785. The van der Waals surface area contributed by atoms with Crippen LogP contribution in [0.15, 0.2) is 0 Å². The molecule has 0 aromatic carbocycles. The number of aromatic nitrogens is 3. The molecule has 0 amide bonds. The zero-order valence-electron chi connectivity index (χ0n) is 10.8. The summed E-state index contributed by atoms with van der Waals surface area (Å²) < 4.78 is 5.42. The maximum absolute atomic E-state index is 5.84. The third-order valence-electron chi connectivity index (χ3n) is 2.11. The number of rotatable bonds is 6. The summed E-state index contributed by atoms with van der Waals surface area (Å²) in [6, 6.07) is 0.276. The van der Waals surface area contributed by atoms with Crippen molar-refractivity contribution in [2.75, 3.05) is 18.5 Å². The molecule has 96 valence electrons. The van der Waals surface area contributed by atoms with Gasteiger partial charge in [-0.25, -0.2) is 0 Å². The molecule has 0 aliphatic heterocycles. The van der Waals surface area contributed by atoms with Crippen molar-refractivity contribution in [3.8, 4) is 6.01 Å². The first-order valence-corrected chi connectivity index (χ1v) is 6.20. The second-order valence-corrected chi connectivity index (χ2v) is 4.47. The van der Waals surface area contributed by atoms with Crippen LogP contribution in [0.3, 0.4) is 0 Å². The molecule has 0 unspecified atom stereocenters. The van der Waals surface area contributed by atoms with Gasteiger partial charge < -0.3 is 9.64 Å². The average molecular weight is 259 g/mol. The van der Waals surface area contributed by atoms with Crippen molar-refractivity contribution in [1.29, 1.82) is 0 Å². The zero-order chi connectivity index (χ0) is 12.8. The van der Waals surface area contributed by atoms with Gasteiger partial charge in [-0.05, 0) is 31.9 Å². The van der Waals surface area contributed by atoms with Gasteiger partial charge in [0, 0.05) is 13.6 Å². The summed E-state index contributed by atoms with van der Waals surface area (Å²) in [5.74, 6) is 0.550. The predicted octanol–water partition coefficient (Wildman–Crippen LogP) is 2.55. The third-order valence-corrected chi connectivity index (χ3v) is 2.27. The number of halogens is 1. The molecule has 6 heteroatoms. The molecule has 0 aliphatic carbocycles. The van der Waals surface area contributed by atoms with Crippen molar-refractivity contribution in [2.45, 2.75) is 39.7 Å². The first-order chi connectivity index (χ1) is 8.02. The lowest BCUT2D eigenvalue weighted by atomic mass is 10.3. The SMILES string of the molecule is CCCCN(C)c1nc(Cl)nc(OC(C)C)n1. The van der Waals surface area contributed by atoms with Crippen molar-refractivity contribution < 1.29 is 4.74 Å². The first kappa shape index (κ1) is 14.0. The summed E-state index contributed by atoms with van der Waals surface area (Å²) in [5.41, 5.74) is 0. The Hall–Kier alpha value is -1.10. The van der Waals surface area contributed by atoms with Crippen LogP contribution >= 0.6 is 11.6 Å². The Bertz CT molecular complexity index is 359. The van der Waals surface area contributed by atoms with Gasteiger partial charge in [0.05, 0.1) is 6.10 Å². The predicted molar refractivity (Wildman–Crippen MR) is 68.8 cm³/mol. The van der Waals surface area contributed by atoms with E-state index in [-0.39, 0.29) is 17.4 Å². The minimum atomic E-state index is 0.0160. The Kier molecular flexibility index (Phi) is 5.41. The van der Waals surface area contributed by atoms with E-state index in [0.29, 0.717) is 5.95 Å². The number of hydrogen-bond donors (Lipinski definition) is 0. The highest BCUT2D eigenvalue weighted by atomic mass is 35.5. The van der Waals surface area contributed by atoms with Gasteiger partial charge in [0.2, 0.25) is 11.2 Å². The molecule has 0 bridgehead atoms. The van der Waals surface area contributed by atoms with E-state index in [9.17, 15) is 0 Å². The lowest BCUT2D eigenvalue weighted by Gasteiger charge is -2.17.